The van der Waals surface area contributed by atoms with Gasteiger partial charge in [-0.1, -0.05) is 0 Å². The van der Waals surface area contributed by atoms with Crippen molar-refractivity contribution in [1.29, 1.82) is 0 Å². The lowest BCUT2D eigenvalue weighted by atomic mass is 10.0. The van der Waals surface area contributed by atoms with E-state index in [2.05, 4.69) is 16.0 Å². The minimum atomic E-state index is -1.53. The number of rotatable bonds is 6. The van der Waals surface area contributed by atoms with E-state index in [0.29, 0.717) is 0 Å². The number of hydrogen-bond donors (Lipinski definition) is 5. The number of urea groups is 1. The van der Waals surface area contributed by atoms with Crippen molar-refractivity contribution in [2.75, 3.05) is 20.1 Å². The van der Waals surface area contributed by atoms with Crippen LogP contribution >= 0.6 is 0 Å². The number of carboxylic acids is 1. The molecule has 98 valence electrons. The maximum atomic E-state index is 11.1. The highest BCUT2D eigenvalue weighted by atomic mass is 16.4. The van der Waals surface area contributed by atoms with E-state index in [0.717, 1.165) is 0 Å². The predicted octanol–water partition coefficient (Wildman–Crippen LogP) is -1.74. The van der Waals surface area contributed by atoms with Crippen LogP contribution in [0.5, 0.6) is 0 Å². The van der Waals surface area contributed by atoms with Gasteiger partial charge in [0.15, 0.2) is 0 Å². The minimum absolute atomic E-state index is 0.191. The van der Waals surface area contributed by atoms with Crippen molar-refractivity contribution >= 4 is 17.9 Å². The molecule has 0 heterocycles. The molecule has 8 heteroatoms. The van der Waals surface area contributed by atoms with Crippen LogP contribution < -0.4 is 16.0 Å². The molecule has 0 aromatic rings. The summed E-state index contributed by atoms with van der Waals surface area (Å²) in [6.45, 7) is 0.877. The molecule has 0 spiro atoms. The maximum absolute atomic E-state index is 11.1. The van der Waals surface area contributed by atoms with Crippen LogP contribution in [0.3, 0.4) is 0 Å². The molecule has 1 atom stereocenters. The van der Waals surface area contributed by atoms with E-state index in [1.165, 1.54) is 14.0 Å². The number of carbonyl (C=O) groups is 3. The third kappa shape index (κ3) is 8.03. The zero-order valence-electron chi connectivity index (χ0n) is 9.74. The van der Waals surface area contributed by atoms with Gasteiger partial charge in [-0.15, -0.1) is 0 Å². The fourth-order valence-corrected chi connectivity index (χ4v) is 0.970. The Kier molecular flexibility index (Phi) is 5.97. The summed E-state index contributed by atoms with van der Waals surface area (Å²) in [7, 11) is 1.43. The standard InChI is InChI=1S/C9H17N3O5/c1-9(17,3-7(14)15)5-12-8(16)11-4-6(13)10-2/h17H,3-5H2,1-2H3,(H,10,13)(H,14,15)(H2,11,12,16). The van der Waals surface area contributed by atoms with Gasteiger partial charge >= 0.3 is 12.0 Å². The highest BCUT2D eigenvalue weighted by Gasteiger charge is 2.24. The van der Waals surface area contributed by atoms with Gasteiger partial charge in [0, 0.05) is 13.6 Å². The molecule has 17 heavy (non-hydrogen) atoms. The second-order valence-electron chi connectivity index (χ2n) is 3.78. The van der Waals surface area contributed by atoms with Crippen molar-refractivity contribution in [3.8, 4) is 0 Å². The van der Waals surface area contributed by atoms with Crippen molar-refractivity contribution < 1.29 is 24.6 Å². The average Bonchev–Trinajstić information content (AvgIpc) is 2.21. The number of likely N-dealkylation sites (N-methyl/N-ethyl adjacent to an activating group) is 1. The van der Waals surface area contributed by atoms with E-state index in [1.54, 1.807) is 0 Å². The quantitative estimate of drug-likeness (QED) is 0.380. The van der Waals surface area contributed by atoms with Crippen LogP contribution in [0.4, 0.5) is 4.79 Å². The van der Waals surface area contributed by atoms with E-state index < -0.39 is 24.0 Å². The first kappa shape index (κ1) is 15.2. The van der Waals surface area contributed by atoms with Crippen LogP contribution in [0.1, 0.15) is 13.3 Å². The van der Waals surface area contributed by atoms with Crippen LogP contribution in [0.2, 0.25) is 0 Å². The lowest BCUT2D eigenvalue weighted by Gasteiger charge is -2.21. The van der Waals surface area contributed by atoms with Crippen molar-refractivity contribution in [2.24, 2.45) is 0 Å². The summed E-state index contributed by atoms with van der Waals surface area (Å²) in [6.07, 6.45) is -0.483. The highest BCUT2D eigenvalue weighted by Crippen LogP contribution is 2.06. The molecule has 0 aromatic carbocycles. The van der Waals surface area contributed by atoms with Gasteiger partial charge in [-0.3, -0.25) is 9.59 Å². The molecule has 0 bridgehead atoms. The fraction of sp³-hybridized carbons (Fsp3) is 0.667. The molecular weight excluding hydrogens is 230 g/mol. The summed E-state index contributed by atoms with van der Waals surface area (Å²) in [4.78, 5) is 32.3. The monoisotopic (exact) mass is 247 g/mol. The first-order chi connectivity index (χ1) is 7.76. The Morgan fingerprint density at radius 1 is 1.24 bits per heavy atom. The van der Waals surface area contributed by atoms with Crippen molar-refractivity contribution in [1.82, 2.24) is 16.0 Å². The summed E-state index contributed by atoms with van der Waals surface area (Å²) in [5, 5.41) is 24.8. The normalized spacial score (nSPS) is 13.4. The molecule has 5 N–H and O–H groups in total. The largest absolute Gasteiger partial charge is 0.481 e. The average molecular weight is 247 g/mol. The zero-order chi connectivity index (χ0) is 13.5. The number of aliphatic carboxylic acids is 1. The molecule has 0 aliphatic heterocycles. The minimum Gasteiger partial charge on any atom is -0.481 e. The molecule has 0 saturated carbocycles. The second-order valence-corrected chi connectivity index (χ2v) is 3.78. The Morgan fingerprint density at radius 3 is 2.29 bits per heavy atom. The molecule has 0 radical (unpaired) electrons. The first-order valence-electron chi connectivity index (χ1n) is 4.93. The molecule has 0 aliphatic rings. The summed E-state index contributed by atoms with van der Waals surface area (Å²) < 4.78 is 0. The van der Waals surface area contributed by atoms with Gasteiger partial charge in [-0.2, -0.15) is 0 Å². The molecule has 0 fully saturated rings. The topological polar surface area (TPSA) is 128 Å². The van der Waals surface area contributed by atoms with Crippen LogP contribution in [-0.2, 0) is 9.59 Å². The molecule has 1 unspecified atom stereocenters. The van der Waals surface area contributed by atoms with Gasteiger partial charge in [-0.05, 0) is 6.92 Å². The van der Waals surface area contributed by atoms with E-state index in [4.69, 9.17) is 5.11 Å². The summed E-state index contributed by atoms with van der Waals surface area (Å²) in [5.41, 5.74) is -1.53. The number of nitrogens with one attached hydrogen (secondary N) is 3. The SMILES string of the molecule is CNC(=O)CNC(=O)NCC(C)(O)CC(=O)O. The molecule has 3 amide bonds. The number of amides is 3. The maximum Gasteiger partial charge on any atom is 0.315 e. The van der Waals surface area contributed by atoms with E-state index in [9.17, 15) is 19.5 Å². The van der Waals surface area contributed by atoms with Crippen LogP contribution in [0.15, 0.2) is 0 Å². The first-order valence-corrected chi connectivity index (χ1v) is 4.93. The molecule has 0 aliphatic carbocycles. The van der Waals surface area contributed by atoms with Crippen LogP contribution in [0, 0.1) is 0 Å². The molecule has 8 nitrogen and oxygen atoms in total. The highest BCUT2D eigenvalue weighted by molar-refractivity contribution is 5.83. The molecular formula is C9H17N3O5. The summed E-state index contributed by atoms with van der Waals surface area (Å²) in [6, 6.07) is -0.653. The van der Waals surface area contributed by atoms with Gasteiger partial charge in [0.25, 0.3) is 0 Å². The molecule has 0 rings (SSSR count). The van der Waals surface area contributed by atoms with Crippen molar-refractivity contribution in [3.63, 3.8) is 0 Å². The van der Waals surface area contributed by atoms with E-state index in [-0.39, 0.29) is 19.0 Å². The Labute approximate surface area is 98.4 Å². The van der Waals surface area contributed by atoms with Crippen LogP contribution in [0.25, 0.3) is 0 Å². The number of carboxylic acid groups (broad SMARTS) is 1. The van der Waals surface area contributed by atoms with E-state index >= 15 is 0 Å². The Balaban J connectivity index is 3.90. The molecule has 0 saturated heterocycles. The second kappa shape index (κ2) is 6.69. The van der Waals surface area contributed by atoms with Crippen molar-refractivity contribution in [2.45, 2.75) is 18.9 Å². The van der Waals surface area contributed by atoms with Gasteiger partial charge in [-0.25, -0.2) is 4.79 Å². The Morgan fingerprint density at radius 2 is 1.82 bits per heavy atom. The number of hydrogen-bond acceptors (Lipinski definition) is 4. The lowest BCUT2D eigenvalue weighted by molar-refractivity contribution is -0.141. The molecule has 0 aromatic heterocycles. The van der Waals surface area contributed by atoms with Crippen molar-refractivity contribution in [3.05, 3.63) is 0 Å². The van der Waals surface area contributed by atoms with E-state index in [1.807, 2.05) is 0 Å². The predicted molar refractivity (Wildman–Crippen MR) is 58.3 cm³/mol. The Bertz CT molecular complexity index is 303. The smallest absolute Gasteiger partial charge is 0.315 e. The zero-order valence-corrected chi connectivity index (χ0v) is 9.74. The third-order valence-corrected chi connectivity index (χ3v) is 1.85. The van der Waals surface area contributed by atoms with Gasteiger partial charge in [0.05, 0.1) is 18.6 Å². The summed E-state index contributed by atoms with van der Waals surface area (Å²) >= 11 is 0. The lowest BCUT2D eigenvalue weighted by Crippen LogP contribution is -2.47. The third-order valence-electron chi connectivity index (χ3n) is 1.85. The van der Waals surface area contributed by atoms with Gasteiger partial charge in [0.1, 0.15) is 0 Å². The van der Waals surface area contributed by atoms with Crippen LogP contribution in [-0.4, -0.2) is 53.9 Å². The van der Waals surface area contributed by atoms with Gasteiger partial charge < -0.3 is 26.2 Å². The Hall–Kier alpha value is -1.83. The number of aliphatic hydroxyl groups is 1. The van der Waals surface area contributed by atoms with Gasteiger partial charge in [0.2, 0.25) is 5.91 Å². The summed E-state index contributed by atoms with van der Waals surface area (Å²) in [5.74, 6) is -1.53. The fourth-order valence-electron chi connectivity index (χ4n) is 0.970. The number of carbonyl (C=O) groups excluding carboxylic acids is 2.